The SMILES string of the molecule is CCC(C(=O)NC1CCCC1)N(Cc1ccc(Cl)c(Cl)c1)C(=O)CN(c1cccc(OC)c1)S(=O)(=O)c1ccc(C)cc1. The average Bonchev–Trinajstić information content (AvgIpc) is 3.50. The van der Waals surface area contributed by atoms with Crippen molar-refractivity contribution in [2.75, 3.05) is 18.0 Å². The first-order valence-electron chi connectivity index (χ1n) is 14.3. The van der Waals surface area contributed by atoms with Gasteiger partial charge in [-0.1, -0.05) is 72.8 Å². The van der Waals surface area contributed by atoms with Crippen LogP contribution < -0.4 is 14.4 Å². The van der Waals surface area contributed by atoms with Crippen LogP contribution in [-0.2, 0) is 26.2 Å². The quantitative estimate of drug-likeness (QED) is 0.247. The summed E-state index contributed by atoms with van der Waals surface area (Å²) in [5.41, 5.74) is 1.81. The Morgan fingerprint density at radius 2 is 1.70 bits per heavy atom. The third kappa shape index (κ3) is 8.02. The lowest BCUT2D eigenvalue weighted by molar-refractivity contribution is -0.140. The minimum Gasteiger partial charge on any atom is -0.497 e. The van der Waals surface area contributed by atoms with Crippen LogP contribution in [0.5, 0.6) is 5.75 Å². The lowest BCUT2D eigenvalue weighted by Crippen LogP contribution is -2.53. The van der Waals surface area contributed by atoms with E-state index in [1.165, 1.54) is 24.1 Å². The van der Waals surface area contributed by atoms with Gasteiger partial charge in [-0.05, 0) is 68.1 Å². The molecule has 1 atom stereocenters. The molecule has 0 heterocycles. The lowest BCUT2D eigenvalue weighted by Gasteiger charge is -2.34. The number of nitrogens with one attached hydrogen (secondary N) is 1. The molecule has 0 saturated heterocycles. The second kappa shape index (κ2) is 14.5. The zero-order chi connectivity index (χ0) is 31.1. The van der Waals surface area contributed by atoms with Crippen LogP contribution in [0, 0.1) is 6.92 Å². The van der Waals surface area contributed by atoms with Gasteiger partial charge in [-0.15, -0.1) is 0 Å². The number of nitrogens with zero attached hydrogens (tertiary/aromatic N) is 2. The van der Waals surface area contributed by atoms with Gasteiger partial charge in [0.15, 0.2) is 0 Å². The van der Waals surface area contributed by atoms with Crippen molar-refractivity contribution in [3.63, 3.8) is 0 Å². The fraction of sp³-hybridized carbons (Fsp3) is 0.375. The lowest BCUT2D eigenvalue weighted by atomic mass is 10.1. The van der Waals surface area contributed by atoms with Gasteiger partial charge in [0, 0.05) is 18.7 Å². The second-order valence-corrected chi connectivity index (χ2v) is 13.4. The first kappa shape index (κ1) is 32.6. The molecule has 3 aromatic carbocycles. The van der Waals surface area contributed by atoms with Gasteiger partial charge in [0.05, 0.1) is 27.7 Å². The zero-order valence-electron chi connectivity index (χ0n) is 24.6. The van der Waals surface area contributed by atoms with Gasteiger partial charge in [-0.25, -0.2) is 8.42 Å². The summed E-state index contributed by atoms with van der Waals surface area (Å²) in [5, 5.41) is 3.78. The summed E-state index contributed by atoms with van der Waals surface area (Å²) < 4.78 is 34.5. The molecule has 0 bridgehead atoms. The van der Waals surface area contributed by atoms with Crippen molar-refractivity contribution in [2.45, 2.75) is 69.5 Å². The van der Waals surface area contributed by atoms with Crippen molar-refractivity contribution in [1.82, 2.24) is 10.2 Å². The number of rotatable bonds is 12. The molecule has 11 heteroatoms. The summed E-state index contributed by atoms with van der Waals surface area (Å²) in [4.78, 5) is 29.3. The molecule has 1 fully saturated rings. The van der Waals surface area contributed by atoms with E-state index in [0.717, 1.165) is 35.6 Å². The number of benzene rings is 3. The van der Waals surface area contributed by atoms with Crippen molar-refractivity contribution in [2.24, 2.45) is 0 Å². The molecular formula is C32H37Cl2N3O5S. The molecule has 1 saturated carbocycles. The van der Waals surface area contributed by atoms with Gasteiger partial charge in [0.25, 0.3) is 10.0 Å². The molecule has 43 heavy (non-hydrogen) atoms. The van der Waals surface area contributed by atoms with Gasteiger partial charge in [0.2, 0.25) is 11.8 Å². The molecule has 1 aliphatic carbocycles. The molecule has 4 rings (SSSR count). The number of ether oxygens (including phenoxy) is 1. The highest BCUT2D eigenvalue weighted by Crippen LogP contribution is 2.29. The maximum Gasteiger partial charge on any atom is 0.264 e. The van der Waals surface area contributed by atoms with E-state index in [2.05, 4.69) is 5.32 Å². The predicted molar refractivity (Wildman–Crippen MR) is 170 cm³/mol. The molecule has 0 spiro atoms. The number of sulfonamides is 1. The van der Waals surface area contributed by atoms with Crippen LogP contribution in [0.25, 0.3) is 0 Å². The van der Waals surface area contributed by atoms with E-state index in [-0.39, 0.29) is 29.1 Å². The third-order valence-corrected chi connectivity index (χ3v) is 10.2. The van der Waals surface area contributed by atoms with Gasteiger partial charge in [-0.2, -0.15) is 0 Å². The zero-order valence-corrected chi connectivity index (χ0v) is 26.9. The second-order valence-electron chi connectivity index (χ2n) is 10.7. The highest BCUT2D eigenvalue weighted by Gasteiger charge is 2.34. The van der Waals surface area contributed by atoms with Gasteiger partial charge >= 0.3 is 0 Å². The van der Waals surface area contributed by atoms with Gasteiger partial charge < -0.3 is 15.0 Å². The summed E-state index contributed by atoms with van der Waals surface area (Å²) in [6, 6.07) is 17.2. The molecular weight excluding hydrogens is 609 g/mol. The minimum atomic E-state index is -4.19. The van der Waals surface area contributed by atoms with Crippen molar-refractivity contribution < 1.29 is 22.7 Å². The molecule has 0 aliphatic heterocycles. The Morgan fingerprint density at radius 3 is 2.33 bits per heavy atom. The number of hydrogen-bond donors (Lipinski definition) is 1. The molecule has 3 aromatic rings. The van der Waals surface area contributed by atoms with E-state index in [1.54, 1.807) is 54.6 Å². The molecule has 0 radical (unpaired) electrons. The van der Waals surface area contributed by atoms with Crippen LogP contribution in [0.4, 0.5) is 5.69 Å². The van der Waals surface area contributed by atoms with E-state index in [0.29, 0.717) is 27.8 Å². The number of carbonyl (C=O) groups is 2. The normalized spacial score (nSPS) is 14.3. The minimum absolute atomic E-state index is 0.0306. The van der Waals surface area contributed by atoms with Gasteiger partial charge in [0.1, 0.15) is 18.3 Å². The Labute approximate surface area is 264 Å². The fourth-order valence-electron chi connectivity index (χ4n) is 5.25. The summed E-state index contributed by atoms with van der Waals surface area (Å²) in [7, 11) is -2.71. The standard InChI is InChI=1S/C32H37Cl2N3O5S/c1-4-30(32(39)35-24-8-5-6-9-24)36(20-23-14-17-28(33)29(34)18-23)31(38)21-37(25-10-7-11-26(19-25)42-3)43(40,41)27-15-12-22(2)13-16-27/h7,10-19,24,30H,4-6,8-9,20-21H2,1-3H3,(H,35,39). The topological polar surface area (TPSA) is 96.0 Å². The summed E-state index contributed by atoms with van der Waals surface area (Å²) in [6.07, 6.45) is 4.19. The Kier molecular flexibility index (Phi) is 11.0. The summed E-state index contributed by atoms with van der Waals surface area (Å²) in [5.74, 6) is -0.376. The molecule has 8 nitrogen and oxygen atoms in total. The summed E-state index contributed by atoms with van der Waals surface area (Å²) >= 11 is 12.4. The van der Waals surface area contributed by atoms with Crippen LogP contribution >= 0.6 is 23.2 Å². The van der Waals surface area contributed by atoms with Crippen LogP contribution in [0.2, 0.25) is 10.0 Å². The van der Waals surface area contributed by atoms with Crippen molar-refractivity contribution in [1.29, 1.82) is 0 Å². The number of anilines is 1. The van der Waals surface area contributed by atoms with Crippen LogP contribution in [-0.4, -0.2) is 50.9 Å². The third-order valence-electron chi connectivity index (χ3n) is 7.65. The Morgan fingerprint density at radius 1 is 1.00 bits per heavy atom. The molecule has 230 valence electrons. The first-order valence-corrected chi connectivity index (χ1v) is 16.5. The Balaban J connectivity index is 1.74. The van der Waals surface area contributed by atoms with Crippen LogP contribution in [0.1, 0.15) is 50.2 Å². The molecule has 0 aromatic heterocycles. The number of halogens is 2. The number of amides is 2. The fourth-order valence-corrected chi connectivity index (χ4v) is 6.98. The highest BCUT2D eigenvalue weighted by molar-refractivity contribution is 7.92. The van der Waals surface area contributed by atoms with Crippen LogP contribution in [0.3, 0.4) is 0 Å². The molecule has 1 N–H and O–H groups in total. The maximum atomic E-state index is 14.3. The smallest absolute Gasteiger partial charge is 0.264 e. The van der Waals surface area contributed by atoms with Crippen LogP contribution in [0.15, 0.2) is 71.6 Å². The predicted octanol–water partition coefficient (Wildman–Crippen LogP) is 6.37. The van der Waals surface area contributed by atoms with Gasteiger partial charge in [-0.3, -0.25) is 13.9 Å². The van der Waals surface area contributed by atoms with E-state index < -0.39 is 28.5 Å². The largest absolute Gasteiger partial charge is 0.497 e. The molecule has 1 aliphatic rings. The Bertz CT molecular complexity index is 1540. The van der Waals surface area contributed by atoms with Crippen molar-refractivity contribution >= 4 is 50.7 Å². The molecule has 1 unspecified atom stereocenters. The van der Waals surface area contributed by atoms with E-state index in [1.807, 2.05) is 13.8 Å². The van der Waals surface area contributed by atoms with E-state index in [9.17, 15) is 18.0 Å². The highest BCUT2D eigenvalue weighted by atomic mass is 35.5. The molecule has 2 amide bonds. The van der Waals surface area contributed by atoms with E-state index >= 15 is 0 Å². The van der Waals surface area contributed by atoms with E-state index in [4.69, 9.17) is 27.9 Å². The first-order chi connectivity index (χ1) is 20.5. The Hall–Kier alpha value is -3.27. The van der Waals surface area contributed by atoms with Crippen molar-refractivity contribution in [3.05, 3.63) is 87.9 Å². The average molecular weight is 647 g/mol. The number of methoxy groups -OCH3 is 1. The van der Waals surface area contributed by atoms with Crippen molar-refractivity contribution in [3.8, 4) is 5.75 Å². The number of aryl methyl sites for hydroxylation is 1. The number of carbonyl (C=O) groups excluding carboxylic acids is 2. The number of hydrogen-bond acceptors (Lipinski definition) is 5. The maximum absolute atomic E-state index is 14.3. The summed E-state index contributed by atoms with van der Waals surface area (Å²) in [6.45, 7) is 3.18. The monoisotopic (exact) mass is 645 g/mol.